The van der Waals surface area contributed by atoms with Gasteiger partial charge in [-0.25, -0.2) is 0 Å². The number of rotatable bonds is 2. The fourth-order valence-electron chi connectivity index (χ4n) is 1.98. The van der Waals surface area contributed by atoms with E-state index in [-0.39, 0.29) is 11.0 Å². The third kappa shape index (κ3) is 1.26. The van der Waals surface area contributed by atoms with Gasteiger partial charge in [0.15, 0.2) is 0 Å². The average molecular weight is 206 g/mol. The Bertz CT molecular complexity index is 388. The van der Waals surface area contributed by atoms with Crippen LogP contribution in [0.5, 0.6) is 0 Å². The molecular weight excluding hydrogens is 192 g/mol. The molecule has 1 aromatic rings. The molecular formula is C11H14N2S. The second-order valence-corrected chi connectivity index (χ2v) is 5.53. The molecule has 1 heterocycles. The Balaban J connectivity index is 2.37. The molecule has 0 bridgehead atoms. The van der Waals surface area contributed by atoms with Gasteiger partial charge < -0.3 is 5.73 Å². The molecule has 2 rings (SSSR count). The molecule has 1 saturated carbocycles. The average Bonchev–Trinajstić information content (AvgIpc) is 2.79. The zero-order chi connectivity index (χ0) is 10.4. The Kier molecular flexibility index (Phi) is 1.95. The van der Waals surface area contributed by atoms with Crippen LogP contribution >= 0.6 is 11.3 Å². The Hall–Kier alpha value is -0.850. The first-order valence-electron chi connectivity index (χ1n) is 4.78. The van der Waals surface area contributed by atoms with E-state index in [1.54, 1.807) is 11.3 Å². The van der Waals surface area contributed by atoms with Crippen LogP contribution in [0, 0.1) is 11.3 Å². The molecule has 1 fully saturated rings. The summed E-state index contributed by atoms with van der Waals surface area (Å²) in [5, 5.41) is 10.7. The smallest absolute Gasteiger partial charge is 0.100 e. The molecule has 0 atom stereocenters. The van der Waals surface area contributed by atoms with Gasteiger partial charge in [0, 0.05) is 21.2 Å². The summed E-state index contributed by atoms with van der Waals surface area (Å²) in [6.07, 6.45) is 2.31. The van der Waals surface area contributed by atoms with Crippen molar-refractivity contribution in [1.82, 2.24) is 0 Å². The third-order valence-electron chi connectivity index (χ3n) is 3.18. The molecule has 2 nitrogen and oxygen atoms in total. The maximum absolute atomic E-state index is 8.77. The molecule has 0 unspecified atom stereocenters. The van der Waals surface area contributed by atoms with E-state index in [0.717, 1.165) is 18.4 Å². The van der Waals surface area contributed by atoms with Gasteiger partial charge in [0.05, 0.1) is 5.56 Å². The lowest BCUT2D eigenvalue weighted by atomic mass is 9.83. The van der Waals surface area contributed by atoms with Gasteiger partial charge in [-0.1, -0.05) is 0 Å². The predicted molar refractivity (Wildman–Crippen MR) is 58.2 cm³/mol. The molecule has 0 saturated heterocycles. The number of nitrogens with zero attached hydrogens (tertiary/aromatic N) is 1. The zero-order valence-corrected chi connectivity index (χ0v) is 9.32. The minimum Gasteiger partial charge on any atom is -0.325 e. The van der Waals surface area contributed by atoms with Crippen molar-refractivity contribution in [3.8, 4) is 6.07 Å². The summed E-state index contributed by atoms with van der Waals surface area (Å²) in [6, 6.07) is 4.16. The van der Waals surface area contributed by atoms with Crippen LogP contribution in [0.15, 0.2) is 11.4 Å². The van der Waals surface area contributed by atoms with E-state index in [1.807, 2.05) is 11.4 Å². The normalized spacial score (nSPS) is 19.0. The van der Waals surface area contributed by atoms with E-state index in [9.17, 15) is 0 Å². The molecule has 1 aliphatic rings. The number of hydrogen-bond donors (Lipinski definition) is 1. The molecule has 0 spiro atoms. The van der Waals surface area contributed by atoms with Crippen molar-refractivity contribution in [2.45, 2.75) is 37.6 Å². The minimum absolute atomic E-state index is 0.146. The Morgan fingerprint density at radius 3 is 2.57 bits per heavy atom. The van der Waals surface area contributed by atoms with Crippen LogP contribution in [0.25, 0.3) is 0 Å². The molecule has 0 radical (unpaired) electrons. The van der Waals surface area contributed by atoms with Crippen molar-refractivity contribution in [2.24, 2.45) is 5.73 Å². The fraction of sp³-hybridized carbons (Fsp3) is 0.545. The van der Waals surface area contributed by atoms with Crippen LogP contribution in [0.1, 0.15) is 37.1 Å². The van der Waals surface area contributed by atoms with Crippen LogP contribution in [0.2, 0.25) is 0 Å². The van der Waals surface area contributed by atoms with Crippen molar-refractivity contribution < 1.29 is 0 Å². The van der Waals surface area contributed by atoms with Crippen LogP contribution in [-0.2, 0) is 5.41 Å². The monoisotopic (exact) mass is 206 g/mol. The highest BCUT2D eigenvalue weighted by Gasteiger charge is 2.54. The highest BCUT2D eigenvalue weighted by molar-refractivity contribution is 7.10. The van der Waals surface area contributed by atoms with E-state index in [4.69, 9.17) is 11.0 Å². The molecule has 14 heavy (non-hydrogen) atoms. The first kappa shape index (κ1) is 9.70. The Morgan fingerprint density at radius 2 is 2.21 bits per heavy atom. The van der Waals surface area contributed by atoms with E-state index in [2.05, 4.69) is 19.9 Å². The van der Waals surface area contributed by atoms with Gasteiger partial charge in [0.25, 0.3) is 0 Å². The molecule has 74 valence electrons. The van der Waals surface area contributed by atoms with E-state index in [1.165, 1.54) is 4.88 Å². The maximum Gasteiger partial charge on any atom is 0.100 e. The van der Waals surface area contributed by atoms with Gasteiger partial charge in [-0.05, 0) is 32.8 Å². The number of nitrogens with two attached hydrogens (primary N) is 1. The summed E-state index contributed by atoms with van der Waals surface area (Å²) in [5.41, 5.74) is 6.92. The molecule has 0 amide bonds. The van der Waals surface area contributed by atoms with Crippen LogP contribution in [0.3, 0.4) is 0 Å². The Morgan fingerprint density at radius 1 is 1.57 bits per heavy atom. The van der Waals surface area contributed by atoms with E-state index >= 15 is 0 Å². The van der Waals surface area contributed by atoms with Crippen LogP contribution < -0.4 is 5.73 Å². The summed E-state index contributed by atoms with van der Waals surface area (Å²) in [6.45, 7) is 4.15. The van der Waals surface area contributed by atoms with E-state index < -0.39 is 0 Å². The largest absolute Gasteiger partial charge is 0.325 e. The minimum atomic E-state index is -0.176. The molecule has 0 aliphatic heterocycles. The number of thiophene rings is 1. The summed E-state index contributed by atoms with van der Waals surface area (Å²) in [4.78, 5) is 1.28. The van der Waals surface area contributed by atoms with Gasteiger partial charge in [0.2, 0.25) is 0 Å². The van der Waals surface area contributed by atoms with E-state index in [0.29, 0.717) is 0 Å². The topological polar surface area (TPSA) is 49.8 Å². The fourth-order valence-corrected chi connectivity index (χ4v) is 3.24. The van der Waals surface area contributed by atoms with Gasteiger partial charge in [-0.15, -0.1) is 11.3 Å². The SMILES string of the molecule is CC(C)(N)C1(c2cc(C#N)cs2)CC1. The van der Waals surface area contributed by atoms with Gasteiger partial charge in [-0.3, -0.25) is 0 Å². The molecule has 0 aromatic carbocycles. The number of hydrogen-bond acceptors (Lipinski definition) is 3. The van der Waals surface area contributed by atoms with Crippen molar-refractivity contribution in [3.05, 3.63) is 21.9 Å². The third-order valence-corrected chi connectivity index (χ3v) is 4.32. The van der Waals surface area contributed by atoms with Gasteiger partial charge in [-0.2, -0.15) is 5.26 Å². The quantitative estimate of drug-likeness (QED) is 0.807. The molecule has 1 aliphatic carbocycles. The summed E-state index contributed by atoms with van der Waals surface area (Å²) in [7, 11) is 0. The second kappa shape index (κ2) is 2.82. The molecule has 2 N–H and O–H groups in total. The lowest BCUT2D eigenvalue weighted by Gasteiger charge is -2.29. The highest BCUT2D eigenvalue weighted by Crippen LogP contribution is 2.56. The lowest BCUT2D eigenvalue weighted by molar-refractivity contribution is 0.397. The lowest BCUT2D eigenvalue weighted by Crippen LogP contribution is -2.44. The predicted octanol–water partition coefficient (Wildman–Crippen LogP) is 2.39. The summed E-state index contributed by atoms with van der Waals surface area (Å²) >= 11 is 1.67. The maximum atomic E-state index is 8.77. The van der Waals surface area contributed by atoms with Crippen LogP contribution in [-0.4, -0.2) is 5.54 Å². The highest BCUT2D eigenvalue weighted by atomic mass is 32.1. The van der Waals surface area contributed by atoms with Gasteiger partial charge in [0.1, 0.15) is 6.07 Å². The summed E-state index contributed by atoms with van der Waals surface area (Å²) < 4.78 is 0. The second-order valence-electron chi connectivity index (χ2n) is 4.62. The van der Waals surface area contributed by atoms with Crippen LogP contribution in [0.4, 0.5) is 0 Å². The van der Waals surface area contributed by atoms with Crippen molar-refractivity contribution in [2.75, 3.05) is 0 Å². The first-order chi connectivity index (χ1) is 6.49. The van der Waals surface area contributed by atoms with Gasteiger partial charge >= 0.3 is 0 Å². The Labute approximate surface area is 88.4 Å². The standard InChI is InChI=1S/C11H14N2S/c1-10(2,13)11(3-4-11)9-5-8(6-12)7-14-9/h5,7H,3-4,13H2,1-2H3. The van der Waals surface area contributed by atoms with Crippen molar-refractivity contribution in [3.63, 3.8) is 0 Å². The summed E-state index contributed by atoms with van der Waals surface area (Å²) in [5.74, 6) is 0. The number of nitriles is 1. The van der Waals surface area contributed by atoms with Crippen molar-refractivity contribution in [1.29, 1.82) is 5.26 Å². The zero-order valence-electron chi connectivity index (χ0n) is 8.50. The molecule has 1 aromatic heterocycles. The first-order valence-corrected chi connectivity index (χ1v) is 5.65. The molecule has 3 heteroatoms. The van der Waals surface area contributed by atoms with Crippen molar-refractivity contribution >= 4 is 11.3 Å².